The zero-order valence-corrected chi connectivity index (χ0v) is 11.4. The van der Waals surface area contributed by atoms with E-state index in [1.807, 2.05) is 12.1 Å². The molecule has 0 radical (unpaired) electrons. The van der Waals surface area contributed by atoms with Crippen molar-refractivity contribution in [1.82, 2.24) is 4.90 Å². The molecule has 1 aliphatic rings. The van der Waals surface area contributed by atoms with E-state index < -0.39 is 6.10 Å². The van der Waals surface area contributed by atoms with Crippen molar-refractivity contribution in [2.45, 2.75) is 18.9 Å². The van der Waals surface area contributed by atoms with Gasteiger partial charge in [0.05, 0.1) is 12.7 Å². The van der Waals surface area contributed by atoms with Crippen molar-refractivity contribution in [2.24, 2.45) is 5.92 Å². The maximum atomic E-state index is 12.8. The summed E-state index contributed by atoms with van der Waals surface area (Å²) in [6.07, 6.45) is 1.71. The summed E-state index contributed by atoms with van der Waals surface area (Å²) in [7, 11) is 1.60. The molecule has 0 aromatic heterocycles. The van der Waals surface area contributed by atoms with Crippen LogP contribution in [0.15, 0.2) is 24.3 Å². The van der Waals surface area contributed by atoms with E-state index in [-0.39, 0.29) is 5.82 Å². The quantitative estimate of drug-likeness (QED) is 0.851. The predicted molar refractivity (Wildman–Crippen MR) is 72.5 cm³/mol. The van der Waals surface area contributed by atoms with Crippen LogP contribution >= 0.6 is 0 Å². The second-order valence-electron chi connectivity index (χ2n) is 5.35. The number of β-amino-alcohol motifs (C(OH)–C–C–N with tert-alkyl or cyclic N) is 1. The van der Waals surface area contributed by atoms with Crippen molar-refractivity contribution in [1.29, 1.82) is 0 Å². The molecule has 3 nitrogen and oxygen atoms in total. The zero-order valence-electron chi connectivity index (χ0n) is 11.4. The summed E-state index contributed by atoms with van der Waals surface area (Å²) in [5.41, 5.74) is 1.19. The molecule has 0 bridgehead atoms. The summed E-state index contributed by atoms with van der Waals surface area (Å²) in [6.45, 7) is 3.08. The average molecular weight is 267 g/mol. The number of aliphatic hydroxyl groups excluding tert-OH is 1. The normalized spacial score (nSPS) is 21.7. The molecule has 19 heavy (non-hydrogen) atoms. The van der Waals surface area contributed by atoms with Gasteiger partial charge < -0.3 is 14.7 Å². The van der Waals surface area contributed by atoms with Gasteiger partial charge in [-0.3, -0.25) is 0 Å². The van der Waals surface area contributed by atoms with E-state index in [9.17, 15) is 9.50 Å². The largest absolute Gasteiger partial charge is 0.389 e. The van der Waals surface area contributed by atoms with Gasteiger partial charge in [0, 0.05) is 20.2 Å². The third-order valence-electron chi connectivity index (χ3n) is 3.64. The topological polar surface area (TPSA) is 32.7 Å². The molecule has 1 aromatic carbocycles. The number of hydrogen-bond acceptors (Lipinski definition) is 3. The molecule has 2 atom stereocenters. The second kappa shape index (κ2) is 6.98. The van der Waals surface area contributed by atoms with Crippen molar-refractivity contribution in [3.05, 3.63) is 35.6 Å². The van der Waals surface area contributed by atoms with Crippen molar-refractivity contribution in [2.75, 3.05) is 33.4 Å². The Kier molecular flexibility index (Phi) is 5.31. The molecule has 2 rings (SSSR count). The third-order valence-corrected chi connectivity index (χ3v) is 3.64. The second-order valence-corrected chi connectivity index (χ2v) is 5.35. The Morgan fingerprint density at radius 2 is 2.16 bits per heavy atom. The van der Waals surface area contributed by atoms with Crippen molar-refractivity contribution in [3.63, 3.8) is 0 Å². The Morgan fingerprint density at radius 3 is 2.84 bits per heavy atom. The molecular formula is C15H22FNO2. The molecular weight excluding hydrogens is 245 g/mol. The molecule has 4 heteroatoms. The van der Waals surface area contributed by atoms with E-state index in [0.717, 1.165) is 25.9 Å². The van der Waals surface area contributed by atoms with Crippen LogP contribution in [0.1, 0.15) is 12.0 Å². The third kappa shape index (κ3) is 4.56. The minimum atomic E-state index is -0.408. The van der Waals surface area contributed by atoms with Crippen molar-refractivity contribution < 1.29 is 14.2 Å². The Hall–Kier alpha value is -0.970. The minimum absolute atomic E-state index is 0.181. The smallest absolute Gasteiger partial charge is 0.123 e. The molecule has 1 unspecified atom stereocenters. The monoisotopic (exact) mass is 267 g/mol. The van der Waals surface area contributed by atoms with Crippen LogP contribution in [0, 0.1) is 11.7 Å². The molecule has 1 N–H and O–H groups in total. The summed E-state index contributed by atoms with van der Waals surface area (Å²) in [4.78, 5) is 2.28. The van der Waals surface area contributed by atoms with Crippen LogP contribution in [0.4, 0.5) is 4.39 Å². The number of likely N-dealkylation sites (tertiary alicyclic amines) is 1. The van der Waals surface area contributed by atoms with Gasteiger partial charge in [-0.15, -0.1) is 0 Å². The summed E-state index contributed by atoms with van der Waals surface area (Å²) in [5.74, 6) is 0.416. The van der Waals surface area contributed by atoms with Crippen LogP contribution in [0.5, 0.6) is 0 Å². The number of methoxy groups -OCH3 is 1. The Balaban J connectivity index is 1.77. The SMILES string of the molecule is COC[C@H](O)CN1CCC(Cc2ccc(F)cc2)C1. The molecule has 1 fully saturated rings. The zero-order chi connectivity index (χ0) is 13.7. The van der Waals surface area contributed by atoms with E-state index >= 15 is 0 Å². The van der Waals surface area contributed by atoms with E-state index in [1.165, 1.54) is 17.7 Å². The number of halogens is 1. The van der Waals surface area contributed by atoms with Gasteiger partial charge in [0.1, 0.15) is 5.82 Å². The highest BCUT2D eigenvalue weighted by Crippen LogP contribution is 2.21. The van der Waals surface area contributed by atoms with Crippen molar-refractivity contribution >= 4 is 0 Å². The lowest BCUT2D eigenvalue weighted by atomic mass is 9.99. The number of benzene rings is 1. The first kappa shape index (κ1) is 14.4. The first-order chi connectivity index (χ1) is 9.17. The van der Waals surface area contributed by atoms with E-state index in [2.05, 4.69) is 4.90 Å². The molecule has 106 valence electrons. The lowest BCUT2D eigenvalue weighted by Gasteiger charge is -2.19. The average Bonchev–Trinajstić information content (AvgIpc) is 2.80. The fourth-order valence-corrected chi connectivity index (χ4v) is 2.74. The van der Waals surface area contributed by atoms with Gasteiger partial charge in [0.2, 0.25) is 0 Å². The fraction of sp³-hybridized carbons (Fsp3) is 0.600. The van der Waals surface area contributed by atoms with E-state index in [1.54, 1.807) is 7.11 Å². The molecule has 1 saturated heterocycles. The van der Waals surface area contributed by atoms with E-state index in [0.29, 0.717) is 19.1 Å². The van der Waals surface area contributed by atoms with Crippen LogP contribution in [-0.4, -0.2) is 49.5 Å². The Labute approximate surface area is 114 Å². The van der Waals surface area contributed by atoms with Crippen LogP contribution in [0.3, 0.4) is 0 Å². The standard InChI is InChI=1S/C15H22FNO2/c1-19-11-15(18)10-17-7-6-13(9-17)8-12-2-4-14(16)5-3-12/h2-5,13,15,18H,6-11H2,1H3/t13?,15-/m1/s1. The highest BCUT2D eigenvalue weighted by Gasteiger charge is 2.24. The maximum Gasteiger partial charge on any atom is 0.123 e. The lowest BCUT2D eigenvalue weighted by Crippen LogP contribution is -2.33. The number of hydrogen-bond donors (Lipinski definition) is 1. The van der Waals surface area contributed by atoms with Crippen LogP contribution in [0.2, 0.25) is 0 Å². The number of nitrogens with zero attached hydrogens (tertiary/aromatic N) is 1. The van der Waals surface area contributed by atoms with Gasteiger partial charge >= 0.3 is 0 Å². The molecule has 1 aliphatic heterocycles. The molecule has 1 heterocycles. The van der Waals surface area contributed by atoms with Crippen LogP contribution in [0.25, 0.3) is 0 Å². The fourth-order valence-electron chi connectivity index (χ4n) is 2.74. The highest BCUT2D eigenvalue weighted by molar-refractivity contribution is 5.16. The summed E-state index contributed by atoms with van der Waals surface area (Å²) in [6, 6.07) is 6.75. The number of aliphatic hydroxyl groups is 1. The van der Waals surface area contributed by atoms with Gasteiger partial charge in [-0.1, -0.05) is 12.1 Å². The van der Waals surface area contributed by atoms with Crippen molar-refractivity contribution in [3.8, 4) is 0 Å². The van der Waals surface area contributed by atoms with Gasteiger partial charge in [-0.05, 0) is 43.0 Å². The van der Waals surface area contributed by atoms with Gasteiger partial charge in [0.15, 0.2) is 0 Å². The first-order valence-corrected chi connectivity index (χ1v) is 6.81. The van der Waals surface area contributed by atoms with Crippen LogP contribution < -0.4 is 0 Å². The molecule has 1 aromatic rings. The predicted octanol–water partition coefficient (Wildman–Crippen LogP) is 1.70. The molecule has 0 aliphatic carbocycles. The van der Waals surface area contributed by atoms with E-state index in [4.69, 9.17) is 4.74 Å². The first-order valence-electron chi connectivity index (χ1n) is 6.81. The van der Waals surface area contributed by atoms with Gasteiger partial charge in [-0.2, -0.15) is 0 Å². The lowest BCUT2D eigenvalue weighted by molar-refractivity contribution is 0.0421. The number of ether oxygens (including phenoxy) is 1. The summed E-state index contributed by atoms with van der Waals surface area (Å²) in [5, 5.41) is 9.71. The van der Waals surface area contributed by atoms with Gasteiger partial charge in [0.25, 0.3) is 0 Å². The summed E-state index contributed by atoms with van der Waals surface area (Å²) >= 11 is 0. The highest BCUT2D eigenvalue weighted by atomic mass is 19.1. The summed E-state index contributed by atoms with van der Waals surface area (Å²) < 4.78 is 17.8. The minimum Gasteiger partial charge on any atom is -0.389 e. The maximum absolute atomic E-state index is 12.8. The number of rotatable bonds is 6. The molecule has 0 amide bonds. The Morgan fingerprint density at radius 1 is 1.42 bits per heavy atom. The molecule has 0 spiro atoms. The Bertz CT molecular complexity index is 382. The van der Waals surface area contributed by atoms with Gasteiger partial charge in [-0.25, -0.2) is 4.39 Å². The molecule has 0 saturated carbocycles. The van der Waals surface area contributed by atoms with Crippen LogP contribution in [-0.2, 0) is 11.2 Å².